The molecule has 3 aliphatic rings. The van der Waals surface area contributed by atoms with Gasteiger partial charge in [0.05, 0.1) is 13.2 Å². The number of nitrogens with two attached hydrogens (primary N) is 1. The third-order valence-corrected chi connectivity index (χ3v) is 10.2. The van der Waals surface area contributed by atoms with Gasteiger partial charge in [0.1, 0.15) is 24.6 Å². The highest BCUT2D eigenvalue weighted by atomic mass is 16.8. The summed E-state index contributed by atoms with van der Waals surface area (Å²) >= 11 is 0. The van der Waals surface area contributed by atoms with E-state index in [2.05, 4.69) is 56.7 Å². The average Bonchev–Trinajstić information content (AvgIpc) is 3.45. The van der Waals surface area contributed by atoms with Crippen LogP contribution in [0.3, 0.4) is 0 Å². The lowest BCUT2D eigenvalue weighted by Gasteiger charge is -2.53. The first-order chi connectivity index (χ1) is 18.5. The second kappa shape index (κ2) is 10.6. The Kier molecular flexibility index (Phi) is 7.65. The number of rotatable bonds is 7. The van der Waals surface area contributed by atoms with Gasteiger partial charge in [0.25, 0.3) is 5.82 Å². The van der Waals surface area contributed by atoms with Gasteiger partial charge in [0.15, 0.2) is 11.7 Å². The van der Waals surface area contributed by atoms with Crippen LogP contribution in [0.15, 0.2) is 36.0 Å². The molecule has 2 fully saturated rings. The minimum Gasteiger partial charge on any atom is -0.394 e. The molecule has 0 unspecified atom stereocenters. The second-order valence-electron chi connectivity index (χ2n) is 13.0. The van der Waals surface area contributed by atoms with Gasteiger partial charge < -0.3 is 25.8 Å². The fourth-order valence-electron chi connectivity index (χ4n) is 7.21. The summed E-state index contributed by atoms with van der Waals surface area (Å²) in [6.07, 6.45) is 11.1. The fraction of sp³-hybridized carbons (Fsp3) is 0.700. The molecule has 2 aromatic heterocycles. The average molecular weight is 546 g/mol. The number of ether oxygens (including phenoxy) is 1. The molecule has 2 aliphatic carbocycles. The van der Waals surface area contributed by atoms with Crippen LogP contribution in [0.1, 0.15) is 79.4 Å². The summed E-state index contributed by atoms with van der Waals surface area (Å²) in [4.78, 5) is 8.97. The SMILES string of the molecule is C/C(=C\C[n+]1cnc2c(ncn2[13C@@H]2O[13C@H]([13CH2]O)[13C@@H](O)[13C@H]2O)c1N)CC[C@@]1(C)[C@@H]2CCCC(C)(C)C2=CC[C@@H]1C. The Hall–Kier alpha value is -2.33. The molecule has 0 spiro atoms. The first-order valence-corrected chi connectivity index (χ1v) is 14.5. The molecule has 5 N–H and O–H groups in total. The Morgan fingerprint density at radius 2 is 2.03 bits per heavy atom. The Morgan fingerprint density at radius 1 is 1.26 bits per heavy atom. The predicted octanol–water partition coefficient (Wildman–Crippen LogP) is 3.44. The van der Waals surface area contributed by atoms with Gasteiger partial charge in [0.2, 0.25) is 12.0 Å². The van der Waals surface area contributed by atoms with E-state index < -0.39 is 31.1 Å². The molecule has 1 aliphatic heterocycles. The van der Waals surface area contributed by atoms with Gasteiger partial charge in [-0.3, -0.25) is 4.57 Å². The summed E-state index contributed by atoms with van der Waals surface area (Å²) in [6.45, 7) is 12.2. The van der Waals surface area contributed by atoms with Crippen molar-refractivity contribution >= 4 is 17.0 Å². The van der Waals surface area contributed by atoms with Crippen LogP contribution < -0.4 is 10.3 Å². The maximum Gasteiger partial charge on any atom is 0.251 e. The van der Waals surface area contributed by atoms with Crippen molar-refractivity contribution in [3.63, 3.8) is 0 Å². The predicted molar refractivity (Wildman–Crippen MR) is 149 cm³/mol. The Morgan fingerprint density at radius 3 is 2.74 bits per heavy atom. The molecule has 7 atom stereocenters. The Balaban J connectivity index is 1.28. The number of aromatic nitrogens is 4. The van der Waals surface area contributed by atoms with Crippen molar-refractivity contribution in [2.75, 3.05) is 12.3 Å². The minimum absolute atomic E-state index is 0.311. The highest BCUT2D eigenvalue weighted by Crippen LogP contribution is 2.58. The molecule has 3 heterocycles. The van der Waals surface area contributed by atoms with Gasteiger partial charge in [-0.25, -0.2) is 9.55 Å². The van der Waals surface area contributed by atoms with E-state index in [0.29, 0.717) is 46.2 Å². The lowest BCUT2D eigenvalue weighted by Crippen LogP contribution is -2.43. The van der Waals surface area contributed by atoms with Crippen LogP contribution in [0.25, 0.3) is 11.2 Å². The summed E-state index contributed by atoms with van der Waals surface area (Å²) in [6, 6.07) is 0. The summed E-state index contributed by atoms with van der Waals surface area (Å²) in [5.41, 5.74) is 11.1. The molecule has 0 aromatic carbocycles. The molecular formula is C30H46N5O4+. The zero-order valence-corrected chi connectivity index (χ0v) is 24.0. The third-order valence-electron chi connectivity index (χ3n) is 10.2. The summed E-state index contributed by atoms with van der Waals surface area (Å²) in [7, 11) is 0. The minimum atomic E-state index is -1.21. The number of allylic oxidation sites excluding steroid dienone is 4. The number of nitrogens with zero attached hydrogens (tertiary/aromatic N) is 4. The van der Waals surface area contributed by atoms with Crippen molar-refractivity contribution in [3.05, 3.63) is 36.0 Å². The van der Waals surface area contributed by atoms with E-state index in [1.54, 1.807) is 16.5 Å². The number of imidazole rings is 1. The summed E-state index contributed by atoms with van der Waals surface area (Å²) in [5, 5.41) is 30.0. The van der Waals surface area contributed by atoms with E-state index in [1.807, 2.05) is 4.57 Å². The number of aliphatic hydroxyl groups is 3. The van der Waals surface area contributed by atoms with Crippen LogP contribution in [-0.2, 0) is 11.3 Å². The highest BCUT2D eigenvalue weighted by molar-refractivity contribution is 5.79. The maximum atomic E-state index is 10.4. The van der Waals surface area contributed by atoms with Gasteiger partial charge in [-0.1, -0.05) is 62.4 Å². The standard InChI is InChI=1S/C30H45N5O4/c1-18(10-13-30(5)19(2)8-9-20-21(30)7-6-12-29(20,3)4)11-14-34-16-33-27-23(26(34)31)32-17-35(27)28-25(38)24(37)22(15-36)39-28/h9,11,16-17,19,21-22,24-25,28,31,36-38H,6-8,10,12-15H2,1-5H3/p+1/b18-11+/t19-,21+,22+,24+,25+,28+,30+/m0/s1/i15+1,22+1,24+1,25+1,28+1. The van der Waals surface area contributed by atoms with Crippen molar-refractivity contribution in [2.24, 2.45) is 22.7 Å². The fourth-order valence-corrected chi connectivity index (χ4v) is 7.21. The Bertz CT molecular complexity index is 1270. The van der Waals surface area contributed by atoms with Crippen LogP contribution in [0.5, 0.6) is 0 Å². The zero-order valence-electron chi connectivity index (χ0n) is 24.0. The summed E-state index contributed by atoms with van der Waals surface area (Å²) < 4.78 is 9.07. The number of nitrogen functional groups attached to an aromatic ring is 1. The van der Waals surface area contributed by atoms with Crippen LogP contribution >= 0.6 is 0 Å². The van der Waals surface area contributed by atoms with Crippen molar-refractivity contribution in [2.45, 2.75) is 104 Å². The van der Waals surface area contributed by atoms with Crippen LogP contribution in [0, 0.1) is 22.7 Å². The number of hydrogen-bond donors (Lipinski definition) is 4. The van der Waals surface area contributed by atoms with Crippen molar-refractivity contribution in [3.8, 4) is 0 Å². The van der Waals surface area contributed by atoms with E-state index in [9.17, 15) is 15.3 Å². The monoisotopic (exact) mass is 545 g/mol. The second-order valence-corrected chi connectivity index (χ2v) is 13.0. The van der Waals surface area contributed by atoms with Crippen molar-refractivity contribution in [1.29, 1.82) is 0 Å². The van der Waals surface area contributed by atoms with Gasteiger partial charge in [-0.2, -0.15) is 0 Å². The van der Waals surface area contributed by atoms with E-state index >= 15 is 0 Å². The lowest BCUT2D eigenvalue weighted by atomic mass is 9.52. The molecule has 214 valence electrons. The van der Waals surface area contributed by atoms with Gasteiger partial charge >= 0.3 is 0 Å². The van der Waals surface area contributed by atoms with E-state index in [4.69, 9.17) is 10.5 Å². The van der Waals surface area contributed by atoms with Gasteiger partial charge in [0, 0.05) is 0 Å². The molecule has 0 bridgehead atoms. The maximum absolute atomic E-state index is 10.4. The smallest absolute Gasteiger partial charge is 0.251 e. The molecule has 9 heteroatoms. The molecule has 0 radical (unpaired) electrons. The van der Waals surface area contributed by atoms with Crippen LogP contribution in [0.2, 0.25) is 0 Å². The topological polar surface area (TPSA) is 131 Å². The Labute approximate surface area is 231 Å². The highest BCUT2D eigenvalue weighted by Gasteiger charge is 2.48. The molecule has 2 aromatic rings. The molecule has 39 heavy (non-hydrogen) atoms. The van der Waals surface area contributed by atoms with Crippen LogP contribution in [-0.4, -0.2) is 54.8 Å². The first-order valence-electron chi connectivity index (χ1n) is 14.5. The molecule has 9 nitrogen and oxygen atoms in total. The molecule has 1 saturated carbocycles. The lowest BCUT2D eigenvalue weighted by molar-refractivity contribution is -0.674. The van der Waals surface area contributed by atoms with Crippen molar-refractivity contribution in [1.82, 2.24) is 14.5 Å². The van der Waals surface area contributed by atoms with Crippen molar-refractivity contribution < 1.29 is 24.6 Å². The molecule has 5 rings (SSSR count). The molecular weight excluding hydrogens is 499 g/mol. The van der Waals surface area contributed by atoms with Crippen LogP contribution in [0.4, 0.5) is 5.82 Å². The van der Waals surface area contributed by atoms with E-state index in [-0.39, 0.29) is 0 Å². The number of aliphatic hydroxyl groups excluding tert-OH is 3. The summed E-state index contributed by atoms with van der Waals surface area (Å²) in [5.74, 6) is 1.83. The number of anilines is 1. The van der Waals surface area contributed by atoms with Gasteiger partial charge in [-0.05, 0) is 61.7 Å². The number of hydrogen-bond acceptors (Lipinski definition) is 7. The van der Waals surface area contributed by atoms with E-state index in [0.717, 1.165) is 6.42 Å². The third kappa shape index (κ3) is 4.92. The molecule has 1 saturated heterocycles. The quantitative estimate of drug-likeness (QED) is 0.238. The number of fused-ring (bicyclic) bond motifs is 2. The molecule has 0 amide bonds. The first kappa shape index (κ1) is 28.2. The zero-order chi connectivity index (χ0) is 28.1. The van der Waals surface area contributed by atoms with E-state index in [1.165, 1.54) is 44.0 Å². The largest absolute Gasteiger partial charge is 0.394 e. The van der Waals surface area contributed by atoms with Gasteiger partial charge in [-0.15, -0.1) is 0 Å². The normalized spacial score (nSPS) is 34.8.